The summed E-state index contributed by atoms with van der Waals surface area (Å²) in [5, 5.41) is 4.16. The molecular formula is C22H22BrClN2O2. The quantitative estimate of drug-likeness (QED) is 0.440. The van der Waals surface area contributed by atoms with Gasteiger partial charge < -0.3 is 14.8 Å². The smallest absolute Gasteiger partial charge is 0.162 e. The fourth-order valence-corrected chi connectivity index (χ4v) is 3.27. The Morgan fingerprint density at radius 3 is 2.36 bits per heavy atom. The average molecular weight is 462 g/mol. The summed E-state index contributed by atoms with van der Waals surface area (Å²) in [5.41, 5.74) is 3.35. The van der Waals surface area contributed by atoms with E-state index >= 15 is 0 Å². The first kappa shape index (κ1) is 20.6. The molecule has 0 aliphatic heterocycles. The van der Waals surface area contributed by atoms with Crippen LogP contribution in [0, 0.1) is 0 Å². The van der Waals surface area contributed by atoms with Crippen LogP contribution in [0.15, 0.2) is 65.4 Å². The molecule has 0 amide bonds. The van der Waals surface area contributed by atoms with Crippen LogP contribution >= 0.6 is 27.5 Å². The van der Waals surface area contributed by atoms with Crippen molar-refractivity contribution < 1.29 is 9.47 Å². The van der Waals surface area contributed by atoms with Gasteiger partial charge in [-0.1, -0.05) is 39.7 Å². The number of nitrogens with zero attached hydrogens (tertiary/aromatic N) is 1. The topological polar surface area (TPSA) is 43.4 Å². The van der Waals surface area contributed by atoms with Crippen LogP contribution < -0.4 is 14.8 Å². The zero-order valence-electron chi connectivity index (χ0n) is 15.6. The lowest BCUT2D eigenvalue weighted by Gasteiger charge is -2.15. The number of pyridine rings is 1. The molecule has 3 aromatic rings. The third kappa shape index (κ3) is 5.96. The third-order valence-corrected chi connectivity index (χ3v) is 5.10. The van der Waals surface area contributed by atoms with Gasteiger partial charge >= 0.3 is 0 Å². The van der Waals surface area contributed by atoms with Crippen molar-refractivity contribution in [2.45, 2.75) is 26.6 Å². The van der Waals surface area contributed by atoms with Gasteiger partial charge in [0, 0.05) is 35.0 Å². The van der Waals surface area contributed by atoms with E-state index in [9.17, 15) is 0 Å². The minimum atomic E-state index is 0.448. The highest BCUT2D eigenvalue weighted by Crippen LogP contribution is 2.34. The zero-order chi connectivity index (χ0) is 19.8. The summed E-state index contributed by atoms with van der Waals surface area (Å²) in [6.07, 6.45) is 3.60. The molecule has 0 saturated heterocycles. The minimum Gasteiger partial charge on any atom is -0.490 e. The van der Waals surface area contributed by atoms with E-state index in [2.05, 4.69) is 26.2 Å². The molecule has 0 bridgehead atoms. The van der Waals surface area contributed by atoms with Crippen molar-refractivity contribution in [2.24, 2.45) is 0 Å². The van der Waals surface area contributed by atoms with E-state index in [0.29, 0.717) is 30.5 Å². The summed E-state index contributed by atoms with van der Waals surface area (Å²) in [5.74, 6) is 1.45. The maximum Gasteiger partial charge on any atom is 0.162 e. The van der Waals surface area contributed by atoms with Gasteiger partial charge in [0.15, 0.2) is 11.5 Å². The number of nitrogens with one attached hydrogen (secondary N) is 1. The summed E-state index contributed by atoms with van der Waals surface area (Å²) in [6, 6.07) is 15.6. The number of benzene rings is 2. The van der Waals surface area contributed by atoms with Gasteiger partial charge in [-0.05, 0) is 60.0 Å². The molecule has 0 unspecified atom stereocenters. The van der Waals surface area contributed by atoms with E-state index in [-0.39, 0.29) is 0 Å². The van der Waals surface area contributed by atoms with Crippen molar-refractivity contribution in [3.05, 3.63) is 87.1 Å². The Morgan fingerprint density at radius 1 is 0.929 bits per heavy atom. The maximum absolute atomic E-state index is 6.00. The number of aromatic nitrogens is 1. The number of hydrogen-bond acceptors (Lipinski definition) is 4. The van der Waals surface area contributed by atoms with Crippen molar-refractivity contribution >= 4 is 27.5 Å². The summed E-state index contributed by atoms with van der Waals surface area (Å²) in [7, 11) is 0. The van der Waals surface area contributed by atoms with E-state index in [4.69, 9.17) is 21.1 Å². The Morgan fingerprint density at radius 2 is 1.64 bits per heavy atom. The number of halogens is 2. The Labute approximate surface area is 179 Å². The van der Waals surface area contributed by atoms with Crippen molar-refractivity contribution in [3.63, 3.8) is 0 Å². The van der Waals surface area contributed by atoms with Crippen LogP contribution in [0.2, 0.25) is 5.02 Å². The average Bonchev–Trinajstić information content (AvgIpc) is 2.71. The molecule has 146 valence electrons. The van der Waals surface area contributed by atoms with Crippen molar-refractivity contribution in [1.82, 2.24) is 10.3 Å². The molecule has 2 aromatic carbocycles. The molecule has 1 N–H and O–H groups in total. The summed E-state index contributed by atoms with van der Waals surface area (Å²) in [4.78, 5) is 4.04. The van der Waals surface area contributed by atoms with Crippen molar-refractivity contribution in [3.8, 4) is 11.5 Å². The molecule has 28 heavy (non-hydrogen) atoms. The van der Waals surface area contributed by atoms with Crippen LogP contribution in [0.25, 0.3) is 0 Å². The molecule has 0 atom stereocenters. The SMILES string of the molecule is CCOc1cc(CNCc2ccncc2)c(Br)cc1OCc1ccc(Cl)cc1. The predicted octanol–water partition coefficient (Wildman–Crippen LogP) is 5.77. The Kier molecular flexibility index (Phi) is 7.71. The number of hydrogen-bond donors (Lipinski definition) is 1. The van der Waals surface area contributed by atoms with Gasteiger partial charge in [-0.3, -0.25) is 4.98 Å². The second-order valence-electron chi connectivity index (χ2n) is 6.20. The lowest BCUT2D eigenvalue weighted by atomic mass is 10.2. The van der Waals surface area contributed by atoms with Crippen LogP contribution in [-0.4, -0.2) is 11.6 Å². The first-order valence-corrected chi connectivity index (χ1v) is 10.2. The molecule has 0 aliphatic rings. The highest BCUT2D eigenvalue weighted by atomic mass is 79.9. The highest BCUT2D eigenvalue weighted by molar-refractivity contribution is 9.10. The van der Waals surface area contributed by atoms with Crippen LogP contribution in [0.4, 0.5) is 0 Å². The lowest BCUT2D eigenvalue weighted by molar-refractivity contribution is 0.269. The monoisotopic (exact) mass is 460 g/mol. The van der Waals surface area contributed by atoms with E-state index < -0.39 is 0 Å². The van der Waals surface area contributed by atoms with E-state index in [1.807, 2.05) is 55.5 Å². The Hall–Kier alpha value is -2.08. The first-order chi connectivity index (χ1) is 13.7. The van der Waals surface area contributed by atoms with E-state index in [1.165, 1.54) is 5.56 Å². The maximum atomic E-state index is 6.00. The van der Waals surface area contributed by atoms with Crippen LogP contribution in [0.1, 0.15) is 23.6 Å². The van der Waals surface area contributed by atoms with E-state index in [0.717, 1.165) is 27.9 Å². The van der Waals surface area contributed by atoms with E-state index in [1.54, 1.807) is 12.4 Å². The molecule has 6 heteroatoms. The summed E-state index contributed by atoms with van der Waals surface area (Å²) < 4.78 is 12.8. The molecule has 0 radical (unpaired) electrons. The zero-order valence-corrected chi connectivity index (χ0v) is 18.0. The molecular weight excluding hydrogens is 440 g/mol. The van der Waals surface area contributed by atoms with Gasteiger partial charge in [0.25, 0.3) is 0 Å². The minimum absolute atomic E-state index is 0.448. The van der Waals surface area contributed by atoms with Gasteiger partial charge in [-0.25, -0.2) is 0 Å². The second-order valence-corrected chi connectivity index (χ2v) is 7.49. The molecule has 1 heterocycles. The number of rotatable bonds is 9. The van der Waals surface area contributed by atoms with Crippen molar-refractivity contribution in [1.29, 1.82) is 0 Å². The molecule has 1 aromatic heterocycles. The van der Waals surface area contributed by atoms with Gasteiger partial charge in [0.05, 0.1) is 6.61 Å². The fraction of sp³-hybridized carbons (Fsp3) is 0.227. The van der Waals surface area contributed by atoms with Crippen LogP contribution in [0.5, 0.6) is 11.5 Å². The van der Waals surface area contributed by atoms with Crippen LogP contribution in [0.3, 0.4) is 0 Å². The van der Waals surface area contributed by atoms with Crippen LogP contribution in [-0.2, 0) is 19.7 Å². The van der Waals surface area contributed by atoms with Gasteiger partial charge in [-0.15, -0.1) is 0 Å². The second kappa shape index (κ2) is 10.5. The molecule has 0 aliphatic carbocycles. The summed E-state index contributed by atoms with van der Waals surface area (Å²) in [6.45, 7) is 4.46. The Bertz CT molecular complexity index is 889. The van der Waals surface area contributed by atoms with Gasteiger partial charge in [0.1, 0.15) is 6.61 Å². The molecule has 0 saturated carbocycles. The molecule has 0 fully saturated rings. The largest absolute Gasteiger partial charge is 0.490 e. The summed E-state index contributed by atoms with van der Waals surface area (Å²) >= 11 is 9.59. The normalized spacial score (nSPS) is 10.7. The van der Waals surface area contributed by atoms with Gasteiger partial charge in [0.2, 0.25) is 0 Å². The molecule has 4 nitrogen and oxygen atoms in total. The predicted molar refractivity (Wildman–Crippen MR) is 116 cm³/mol. The standard InChI is InChI=1S/C22H22BrClN2O2/c1-2-27-21-11-18(14-26-13-16-7-9-25-10-8-16)20(23)12-22(21)28-15-17-3-5-19(24)6-4-17/h3-12,26H,2,13-15H2,1H3. The first-order valence-electron chi connectivity index (χ1n) is 9.07. The van der Waals surface area contributed by atoms with Crippen molar-refractivity contribution in [2.75, 3.05) is 6.61 Å². The third-order valence-electron chi connectivity index (χ3n) is 4.11. The molecule has 3 rings (SSSR count). The van der Waals surface area contributed by atoms with Gasteiger partial charge in [-0.2, -0.15) is 0 Å². The molecule has 0 spiro atoms. The highest BCUT2D eigenvalue weighted by Gasteiger charge is 2.11. The fourth-order valence-electron chi connectivity index (χ4n) is 2.68. The Balaban J connectivity index is 1.67. The number of ether oxygens (including phenoxy) is 2. The lowest BCUT2D eigenvalue weighted by Crippen LogP contribution is -2.13.